The molecule has 3 aromatic rings. The molecule has 1 unspecified atom stereocenters. The van der Waals surface area contributed by atoms with Gasteiger partial charge in [-0.3, -0.25) is 9.59 Å². The zero-order valence-corrected chi connectivity index (χ0v) is 17.5. The first-order valence-electron chi connectivity index (χ1n) is 10.6. The number of hydrogen-bond acceptors (Lipinski definition) is 5. The third-order valence-electron chi connectivity index (χ3n) is 6.36. The number of ether oxygens (including phenoxy) is 1. The van der Waals surface area contributed by atoms with Gasteiger partial charge in [-0.1, -0.05) is 43.2 Å². The lowest BCUT2D eigenvalue weighted by atomic mass is 9.93. The average Bonchev–Trinajstić information content (AvgIpc) is 3.52. The largest absolute Gasteiger partial charge is 0.503 e. The molecule has 0 spiro atoms. The van der Waals surface area contributed by atoms with E-state index in [1.54, 1.807) is 42.5 Å². The highest BCUT2D eigenvalue weighted by Gasteiger charge is 2.48. The number of furan rings is 1. The van der Waals surface area contributed by atoms with Crippen LogP contribution < -0.4 is 4.74 Å². The lowest BCUT2D eigenvalue weighted by Gasteiger charge is -2.32. The van der Waals surface area contributed by atoms with Crippen LogP contribution >= 0.6 is 0 Å². The molecule has 164 valence electrons. The van der Waals surface area contributed by atoms with Crippen molar-refractivity contribution in [1.82, 2.24) is 4.90 Å². The number of methoxy groups -OCH3 is 1. The minimum absolute atomic E-state index is 0.0477. The van der Waals surface area contributed by atoms with E-state index in [4.69, 9.17) is 9.15 Å². The summed E-state index contributed by atoms with van der Waals surface area (Å²) in [7, 11) is 1.50. The van der Waals surface area contributed by atoms with Crippen molar-refractivity contribution in [3.63, 3.8) is 0 Å². The van der Waals surface area contributed by atoms with E-state index in [1.165, 1.54) is 18.1 Å². The topological polar surface area (TPSA) is 80.0 Å². The molecule has 6 nitrogen and oxygen atoms in total. The molecule has 1 saturated carbocycles. The van der Waals surface area contributed by atoms with E-state index in [0.717, 1.165) is 25.7 Å². The maximum atomic E-state index is 14.9. The molecule has 1 atom stereocenters. The van der Waals surface area contributed by atoms with Gasteiger partial charge in [-0.05, 0) is 31.0 Å². The fourth-order valence-corrected chi connectivity index (χ4v) is 4.86. The first-order chi connectivity index (χ1) is 15.5. The lowest BCUT2D eigenvalue weighted by molar-refractivity contribution is -0.131. The molecule has 7 heteroatoms. The molecule has 0 bridgehead atoms. The molecule has 0 saturated heterocycles. The van der Waals surface area contributed by atoms with E-state index in [-0.39, 0.29) is 22.9 Å². The molecule has 5 rings (SSSR count). The quantitative estimate of drug-likeness (QED) is 0.564. The van der Waals surface area contributed by atoms with Crippen molar-refractivity contribution in [3.8, 4) is 5.75 Å². The van der Waals surface area contributed by atoms with E-state index in [2.05, 4.69) is 0 Å². The highest BCUT2D eigenvalue weighted by molar-refractivity contribution is 6.16. The normalized spacial score (nSPS) is 19.4. The van der Waals surface area contributed by atoms with Crippen LogP contribution in [0.1, 0.15) is 47.8 Å². The Kier molecular flexibility index (Phi) is 4.96. The van der Waals surface area contributed by atoms with Crippen LogP contribution in [0.3, 0.4) is 0 Å². The van der Waals surface area contributed by atoms with Crippen molar-refractivity contribution < 1.29 is 28.2 Å². The molecule has 1 N–H and O–H groups in total. The monoisotopic (exact) mass is 435 g/mol. The molecule has 2 aliphatic rings. The van der Waals surface area contributed by atoms with E-state index in [0.29, 0.717) is 16.7 Å². The third kappa shape index (κ3) is 3.07. The number of ketones is 1. The molecule has 1 aliphatic heterocycles. The van der Waals surface area contributed by atoms with Crippen molar-refractivity contribution >= 4 is 22.7 Å². The number of Topliss-reactive ketones (excluding diaryl/α,β-unsaturated/α-hetero) is 1. The van der Waals surface area contributed by atoms with E-state index < -0.39 is 29.3 Å². The zero-order valence-electron chi connectivity index (χ0n) is 17.5. The second kappa shape index (κ2) is 7.82. The minimum atomic E-state index is -1.02. The van der Waals surface area contributed by atoms with E-state index >= 15 is 0 Å². The summed E-state index contributed by atoms with van der Waals surface area (Å²) in [4.78, 5) is 28.1. The zero-order chi connectivity index (χ0) is 22.4. The van der Waals surface area contributed by atoms with Crippen LogP contribution in [-0.4, -0.2) is 34.8 Å². The number of hydrogen-bond donors (Lipinski definition) is 1. The van der Waals surface area contributed by atoms with Crippen molar-refractivity contribution in [2.75, 3.05) is 7.11 Å². The Morgan fingerprint density at radius 1 is 1.16 bits per heavy atom. The van der Waals surface area contributed by atoms with E-state index in [9.17, 15) is 19.1 Å². The van der Waals surface area contributed by atoms with Crippen LogP contribution in [0.2, 0.25) is 0 Å². The molecule has 2 heterocycles. The molecular formula is C25H22FNO5. The summed E-state index contributed by atoms with van der Waals surface area (Å²) in [6.45, 7) is 0. The molecular weight excluding hydrogens is 413 g/mol. The van der Waals surface area contributed by atoms with Gasteiger partial charge in [0.2, 0.25) is 5.78 Å². The van der Waals surface area contributed by atoms with Gasteiger partial charge in [0.15, 0.2) is 22.9 Å². The van der Waals surface area contributed by atoms with Crippen LogP contribution in [-0.2, 0) is 4.79 Å². The Balaban J connectivity index is 1.64. The number of carbonyl (C=O) groups is 2. The first-order valence-corrected chi connectivity index (χ1v) is 10.6. The standard InChI is InChI=1S/C25H22FNO5/c1-31-18-12-6-7-14-13-19(32-24(14)18)22(28)20-21(16-10-4-5-11-17(16)26)27(25(30)23(20)29)15-8-2-3-9-15/h4-7,10-13,15,21,29H,2-3,8-9H2,1H3. The number of rotatable bonds is 5. The van der Waals surface area contributed by atoms with Gasteiger partial charge in [0.05, 0.1) is 18.7 Å². The second-order valence-corrected chi connectivity index (χ2v) is 8.16. The SMILES string of the molecule is COc1cccc2cc(C(=O)C3=C(O)C(=O)N(C4CCCC4)C3c3ccccc3F)oc12. The number of nitrogens with zero attached hydrogens (tertiary/aromatic N) is 1. The first kappa shape index (κ1) is 20.3. The number of halogens is 1. The van der Waals surface area contributed by atoms with Crippen molar-refractivity contribution in [3.05, 3.63) is 77.0 Å². The Bertz CT molecular complexity index is 1250. The fourth-order valence-electron chi connectivity index (χ4n) is 4.86. The summed E-state index contributed by atoms with van der Waals surface area (Å²) in [5, 5.41) is 11.4. The fraction of sp³-hybridized carbons (Fsp3) is 0.280. The average molecular weight is 435 g/mol. The maximum absolute atomic E-state index is 14.9. The van der Waals surface area contributed by atoms with Crippen LogP contribution in [0, 0.1) is 5.82 Å². The number of carbonyl (C=O) groups excluding carboxylic acids is 2. The van der Waals surface area contributed by atoms with Crippen molar-refractivity contribution in [1.29, 1.82) is 0 Å². The van der Waals surface area contributed by atoms with Crippen LogP contribution in [0.25, 0.3) is 11.0 Å². The molecule has 32 heavy (non-hydrogen) atoms. The summed E-state index contributed by atoms with van der Waals surface area (Å²) < 4.78 is 25.9. The van der Waals surface area contributed by atoms with Crippen LogP contribution in [0.4, 0.5) is 4.39 Å². The van der Waals surface area contributed by atoms with Gasteiger partial charge in [0, 0.05) is 17.0 Å². The smallest absolute Gasteiger partial charge is 0.290 e. The van der Waals surface area contributed by atoms with Crippen LogP contribution in [0.15, 0.2) is 64.3 Å². The predicted molar refractivity (Wildman–Crippen MR) is 115 cm³/mol. The maximum Gasteiger partial charge on any atom is 0.290 e. The van der Waals surface area contributed by atoms with Gasteiger partial charge in [0.1, 0.15) is 5.82 Å². The van der Waals surface area contributed by atoms with Crippen molar-refractivity contribution in [2.45, 2.75) is 37.8 Å². The van der Waals surface area contributed by atoms with Gasteiger partial charge in [-0.15, -0.1) is 0 Å². The number of aliphatic hydroxyl groups is 1. The summed E-state index contributed by atoms with van der Waals surface area (Å²) in [6, 6.07) is 11.6. The second-order valence-electron chi connectivity index (χ2n) is 8.16. The summed E-state index contributed by atoms with van der Waals surface area (Å²) in [5.41, 5.74) is 0.400. The molecule has 0 radical (unpaired) electrons. The number of fused-ring (bicyclic) bond motifs is 1. The highest BCUT2D eigenvalue weighted by Crippen LogP contribution is 2.44. The summed E-state index contributed by atoms with van der Waals surface area (Å²) >= 11 is 0. The predicted octanol–water partition coefficient (Wildman–Crippen LogP) is 5.10. The Labute approximate surface area is 183 Å². The summed E-state index contributed by atoms with van der Waals surface area (Å²) in [5.74, 6) is -2.08. The lowest BCUT2D eigenvalue weighted by Crippen LogP contribution is -2.39. The molecule has 1 aromatic heterocycles. The number of amides is 1. The van der Waals surface area contributed by atoms with E-state index in [1.807, 2.05) is 0 Å². The molecule has 1 aliphatic carbocycles. The van der Waals surface area contributed by atoms with Crippen molar-refractivity contribution in [2.24, 2.45) is 0 Å². The third-order valence-corrected chi connectivity index (χ3v) is 6.36. The van der Waals surface area contributed by atoms with Gasteiger partial charge >= 0.3 is 0 Å². The number of aliphatic hydroxyl groups excluding tert-OH is 1. The number of para-hydroxylation sites is 1. The van der Waals surface area contributed by atoms with Gasteiger partial charge < -0.3 is 19.2 Å². The Morgan fingerprint density at radius 3 is 2.62 bits per heavy atom. The minimum Gasteiger partial charge on any atom is -0.503 e. The highest BCUT2D eigenvalue weighted by atomic mass is 19.1. The molecule has 1 amide bonds. The Morgan fingerprint density at radius 2 is 1.91 bits per heavy atom. The Hall–Kier alpha value is -3.61. The molecule has 2 aromatic carbocycles. The number of benzene rings is 2. The van der Waals surface area contributed by atoms with Gasteiger partial charge in [0.25, 0.3) is 5.91 Å². The molecule has 1 fully saturated rings. The van der Waals surface area contributed by atoms with Gasteiger partial charge in [-0.25, -0.2) is 4.39 Å². The summed E-state index contributed by atoms with van der Waals surface area (Å²) in [6.07, 6.45) is 3.36. The van der Waals surface area contributed by atoms with Crippen LogP contribution in [0.5, 0.6) is 5.75 Å². The van der Waals surface area contributed by atoms with Gasteiger partial charge in [-0.2, -0.15) is 0 Å².